The number of carbonyl (C=O) groups excluding carboxylic acids is 3. The van der Waals surface area contributed by atoms with Crippen molar-refractivity contribution in [3.63, 3.8) is 0 Å². The van der Waals surface area contributed by atoms with E-state index in [0.717, 1.165) is 11.3 Å². The van der Waals surface area contributed by atoms with E-state index in [0.29, 0.717) is 20.2 Å². The Morgan fingerprint density at radius 3 is 2.68 bits per heavy atom. The highest BCUT2D eigenvalue weighted by atomic mass is 79.9. The number of thiophene rings is 1. The van der Waals surface area contributed by atoms with Gasteiger partial charge in [0.1, 0.15) is 10.8 Å². The van der Waals surface area contributed by atoms with E-state index >= 15 is 0 Å². The molecule has 7 nitrogen and oxygen atoms in total. The van der Waals surface area contributed by atoms with Crippen molar-refractivity contribution in [2.24, 2.45) is 5.73 Å². The SMILES string of the molecule is NC(=O)c1ccsc1NC(=O)COC(=O)COc1ccc(Cl)cc1Br. The summed E-state index contributed by atoms with van der Waals surface area (Å²) < 4.78 is 10.7. The quantitative estimate of drug-likeness (QED) is 0.635. The van der Waals surface area contributed by atoms with Gasteiger partial charge in [-0.2, -0.15) is 0 Å². The topological polar surface area (TPSA) is 108 Å². The molecule has 0 atom stereocenters. The molecule has 10 heteroatoms. The van der Waals surface area contributed by atoms with Crippen LogP contribution in [0.25, 0.3) is 0 Å². The van der Waals surface area contributed by atoms with Gasteiger partial charge in [-0.1, -0.05) is 11.6 Å². The largest absolute Gasteiger partial charge is 0.481 e. The molecule has 25 heavy (non-hydrogen) atoms. The maximum absolute atomic E-state index is 11.8. The molecule has 3 N–H and O–H groups in total. The molecule has 0 unspecified atom stereocenters. The number of halogens is 2. The summed E-state index contributed by atoms with van der Waals surface area (Å²) in [5, 5.41) is 4.88. The molecule has 0 fully saturated rings. The lowest BCUT2D eigenvalue weighted by Crippen LogP contribution is -2.24. The number of anilines is 1. The molecule has 0 aliphatic carbocycles. The molecule has 0 bridgehead atoms. The molecule has 0 saturated heterocycles. The molecule has 1 aromatic heterocycles. The summed E-state index contributed by atoms with van der Waals surface area (Å²) in [5.74, 6) is -1.56. The zero-order chi connectivity index (χ0) is 18.4. The number of ether oxygens (including phenoxy) is 2. The van der Waals surface area contributed by atoms with Gasteiger partial charge < -0.3 is 20.5 Å². The second-order valence-electron chi connectivity index (χ2n) is 4.60. The van der Waals surface area contributed by atoms with Gasteiger partial charge in [0, 0.05) is 5.02 Å². The first-order valence-corrected chi connectivity index (χ1v) is 8.82. The summed E-state index contributed by atoms with van der Waals surface area (Å²) >= 11 is 10.2. The van der Waals surface area contributed by atoms with Gasteiger partial charge in [-0.05, 0) is 45.6 Å². The van der Waals surface area contributed by atoms with Crippen molar-refractivity contribution in [1.82, 2.24) is 0 Å². The lowest BCUT2D eigenvalue weighted by atomic mass is 10.3. The zero-order valence-electron chi connectivity index (χ0n) is 12.6. The van der Waals surface area contributed by atoms with E-state index in [1.165, 1.54) is 6.07 Å². The van der Waals surface area contributed by atoms with Crippen LogP contribution >= 0.6 is 38.9 Å². The number of nitrogens with two attached hydrogens (primary N) is 1. The van der Waals surface area contributed by atoms with E-state index in [2.05, 4.69) is 21.2 Å². The van der Waals surface area contributed by atoms with Crippen molar-refractivity contribution < 1.29 is 23.9 Å². The van der Waals surface area contributed by atoms with Gasteiger partial charge in [-0.3, -0.25) is 9.59 Å². The molecule has 0 radical (unpaired) electrons. The Hall–Kier alpha value is -2.10. The molecule has 0 aliphatic rings. The van der Waals surface area contributed by atoms with Gasteiger partial charge in [-0.25, -0.2) is 4.79 Å². The first-order chi connectivity index (χ1) is 11.9. The molecule has 2 amide bonds. The molecule has 1 heterocycles. The lowest BCUT2D eigenvalue weighted by molar-refractivity contribution is -0.149. The van der Waals surface area contributed by atoms with Gasteiger partial charge in [0.15, 0.2) is 13.2 Å². The number of primary amides is 1. The Kier molecular flexibility index (Phi) is 6.80. The Labute approximate surface area is 160 Å². The fraction of sp³-hybridized carbons (Fsp3) is 0.133. The third-order valence-electron chi connectivity index (χ3n) is 2.79. The van der Waals surface area contributed by atoms with Crippen LogP contribution in [0.4, 0.5) is 5.00 Å². The van der Waals surface area contributed by atoms with E-state index in [9.17, 15) is 14.4 Å². The van der Waals surface area contributed by atoms with Crippen LogP contribution in [-0.4, -0.2) is 31.0 Å². The highest BCUT2D eigenvalue weighted by Crippen LogP contribution is 2.28. The number of hydrogen-bond donors (Lipinski definition) is 2. The van der Waals surface area contributed by atoms with Gasteiger partial charge in [-0.15, -0.1) is 11.3 Å². The standard InChI is InChI=1S/C15H12BrClN2O5S/c16-10-5-8(17)1-2-11(10)23-7-13(21)24-6-12(20)19-15-9(14(18)22)3-4-25-15/h1-5H,6-7H2,(H2,18,22)(H,19,20). The number of esters is 1. The number of rotatable bonds is 7. The third-order valence-corrected chi connectivity index (χ3v) is 4.47. The highest BCUT2D eigenvalue weighted by Gasteiger charge is 2.14. The number of nitrogens with one attached hydrogen (secondary N) is 1. The summed E-state index contributed by atoms with van der Waals surface area (Å²) in [5.41, 5.74) is 5.37. The average Bonchev–Trinajstić information content (AvgIpc) is 3.00. The van der Waals surface area contributed by atoms with Crippen molar-refractivity contribution in [3.8, 4) is 5.75 Å². The zero-order valence-corrected chi connectivity index (χ0v) is 15.7. The maximum atomic E-state index is 11.8. The number of carbonyl (C=O) groups is 3. The fourth-order valence-corrected chi connectivity index (χ4v) is 3.29. The van der Waals surface area contributed by atoms with Crippen LogP contribution in [0.2, 0.25) is 5.02 Å². The maximum Gasteiger partial charge on any atom is 0.344 e. The van der Waals surface area contributed by atoms with Crippen molar-refractivity contribution in [2.45, 2.75) is 0 Å². The van der Waals surface area contributed by atoms with E-state index in [4.69, 9.17) is 26.8 Å². The Morgan fingerprint density at radius 2 is 2.00 bits per heavy atom. The number of hydrogen-bond acceptors (Lipinski definition) is 6. The predicted molar refractivity (Wildman–Crippen MR) is 97.1 cm³/mol. The fourth-order valence-electron chi connectivity index (χ4n) is 1.68. The van der Waals surface area contributed by atoms with Crippen LogP contribution in [-0.2, 0) is 14.3 Å². The number of benzene rings is 1. The Balaban J connectivity index is 1.78. The van der Waals surface area contributed by atoms with Crippen molar-refractivity contribution in [1.29, 1.82) is 0 Å². The highest BCUT2D eigenvalue weighted by molar-refractivity contribution is 9.10. The molecule has 1 aromatic carbocycles. The second-order valence-corrected chi connectivity index (χ2v) is 6.81. The molecule has 2 aromatic rings. The van der Waals surface area contributed by atoms with Crippen LogP contribution in [0.1, 0.15) is 10.4 Å². The predicted octanol–water partition coefficient (Wildman–Crippen LogP) is 2.82. The summed E-state index contributed by atoms with van der Waals surface area (Å²) in [6, 6.07) is 6.31. The minimum absolute atomic E-state index is 0.195. The summed E-state index contributed by atoms with van der Waals surface area (Å²) in [7, 11) is 0. The lowest BCUT2D eigenvalue weighted by Gasteiger charge is -2.09. The minimum Gasteiger partial charge on any atom is -0.481 e. The minimum atomic E-state index is -0.724. The van der Waals surface area contributed by atoms with Gasteiger partial charge >= 0.3 is 5.97 Å². The molecule has 0 spiro atoms. The van der Waals surface area contributed by atoms with Crippen molar-refractivity contribution in [3.05, 3.63) is 44.7 Å². The number of amides is 2. The second kappa shape index (κ2) is 8.84. The van der Waals surface area contributed by atoms with Crippen LogP contribution in [0, 0.1) is 0 Å². The summed E-state index contributed by atoms with van der Waals surface area (Å²) in [6.45, 7) is -0.890. The van der Waals surface area contributed by atoms with Gasteiger partial charge in [0.2, 0.25) is 0 Å². The smallest absolute Gasteiger partial charge is 0.344 e. The Morgan fingerprint density at radius 1 is 1.24 bits per heavy atom. The molecule has 0 saturated carbocycles. The Bertz CT molecular complexity index is 811. The van der Waals surface area contributed by atoms with E-state index in [1.54, 1.807) is 23.6 Å². The van der Waals surface area contributed by atoms with E-state index in [1.807, 2.05) is 0 Å². The van der Waals surface area contributed by atoms with E-state index in [-0.39, 0.29) is 12.2 Å². The molecular weight excluding hydrogens is 436 g/mol. The van der Waals surface area contributed by atoms with Crippen LogP contribution in [0.15, 0.2) is 34.1 Å². The first-order valence-electron chi connectivity index (χ1n) is 6.77. The molecule has 2 rings (SSSR count). The summed E-state index contributed by atoms with van der Waals surface area (Å²) in [4.78, 5) is 34.6. The van der Waals surface area contributed by atoms with Crippen LogP contribution in [0.3, 0.4) is 0 Å². The van der Waals surface area contributed by atoms with Gasteiger partial charge in [0.25, 0.3) is 11.8 Å². The monoisotopic (exact) mass is 446 g/mol. The third kappa shape index (κ3) is 5.73. The van der Waals surface area contributed by atoms with Gasteiger partial charge in [0.05, 0.1) is 10.0 Å². The summed E-state index contributed by atoms with van der Waals surface area (Å²) in [6.07, 6.45) is 0. The normalized spacial score (nSPS) is 10.2. The molecule has 0 aliphatic heterocycles. The van der Waals surface area contributed by atoms with Crippen LogP contribution in [0.5, 0.6) is 5.75 Å². The average molecular weight is 448 g/mol. The van der Waals surface area contributed by atoms with Crippen molar-refractivity contribution in [2.75, 3.05) is 18.5 Å². The molecule has 132 valence electrons. The van der Waals surface area contributed by atoms with E-state index < -0.39 is 24.4 Å². The van der Waals surface area contributed by atoms with Crippen LogP contribution < -0.4 is 15.8 Å². The molecular formula is C15H12BrClN2O5S. The first kappa shape index (κ1) is 19.2. The van der Waals surface area contributed by atoms with Crippen molar-refractivity contribution >= 4 is 61.7 Å².